The van der Waals surface area contributed by atoms with Gasteiger partial charge in [0.15, 0.2) is 0 Å². The summed E-state index contributed by atoms with van der Waals surface area (Å²) in [4.78, 5) is 0. The average molecular weight is 283 g/mol. The second-order valence-electron chi connectivity index (χ2n) is 6.59. The van der Waals surface area contributed by atoms with Crippen LogP contribution in [0.1, 0.15) is 50.4 Å². The quantitative estimate of drug-likeness (QED) is 0.891. The topological polar surface area (TPSA) is 35.2 Å². The molecule has 0 aromatic heterocycles. The van der Waals surface area contributed by atoms with Crippen LogP contribution >= 0.6 is 0 Å². The van der Waals surface area contributed by atoms with Gasteiger partial charge in [-0.1, -0.05) is 57.2 Å². The maximum atomic E-state index is 5.84. The highest BCUT2D eigenvalue weighted by Crippen LogP contribution is 2.23. The Morgan fingerprint density at radius 3 is 2.00 bits per heavy atom. The van der Waals surface area contributed by atoms with E-state index in [1.807, 2.05) is 31.2 Å². The monoisotopic (exact) mass is 283 g/mol. The van der Waals surface area contributed by atoms with Crippen molar-refractivity contribution in [2.24, 2.45) is 5.73 Å². The van der Waals surface area contributed by atoms with Crippen molar-refractivity contribution >= 4 is 0 Å². The average Bonchev–Trinajstić information content (AvgIpc) is 2.45. The van der Waals surface area contributed by atoms with Gasteiger partial charge in [-0.25, -0.2) is 0 Å². The van der Waals surface area contributed by atoms with Crippen molar-refractivity contribution in [2.45, 2.75) is 45.8 Å². The van der Waals surface area contributed by atoms with Gasteiger partial charge in [0.25, 0.3) is 0 Å². The van der Waals surface area contributed by atoms with E-state index in [9.17, 15) is 0 Å². The zero-order valence-electron chi connectivity index (χ0n) is 13.4. The van der Waals surface area contributed by atoms with Crippen LogP contribution in [0.2, 0.25) is 0 Å². The molecule has 0 aliphatic heterocycles. The van der Waals surface area contributed by atoms with E-state index in [2.05, 4.69) is 45.0 Å². The Bertz CT molecular complexity index is 562. The first-order valence-electron chi connectivity index (χ1n) is 7.44. The van der Waals surface area contributed by atoms with Crippen LogP contribution in [0.15, 0.2) is 48.5 Å². The number of benzene rings is 2. The Morgan fingerprint density at radius 2 is 1.52 bits per heavy atom. The Hall–Kier alpha value is -1.80. The van der Waals surface area contributed by atoms with Crippen molar-refractivity contribution in [1.82, 2.24) is 0 Å². The molecule has 0 saturated heterocycles. The van der Waals surface area contributed by atoms with Crippen LogP contribution in [-0.2, 0) is 12.0 Å². The minimum atomic E-state index is 0.0593. The van der Waals surface area contributed by atoms with Gasteiger partial charge in [-0.3, -0.25) is 0 Å². The molecule has 1 unspecified atom stereocenters. The van der Waals surface area contributed by atoms with Crippen LogP contribution in [0, 0.1) is 0 Å². The highest BCUT2D eigenvalue weighted by Gasteiger charge is 2.12. The maximum Gasteiger partial charge on any atom is 0.119 e. The van der Waals surface area contributed by atoms with Gasteiger partial charge in [-0.05, 0) is 41.2 Å². The summed E-state index contributed by atoms with van der Waals surface area (Å²) in [7, 11) is 0. The summed E-state index contributed by atoms with van der Waals surface area (Å²) in [6, 6.07) is 16.7. The SMILES string of the molecule is CC(N)c1ccc(OCc2ccc(C(C)(C)C)cc2)cc1. The highest BCUT2D eigenvalue weighted by molar-refractivity contribution is 5.30. The molecule has 21 heavy (non-hydrogen) atoms. The fourth-order valence-electron chi connectivity index (χ4n) is 2.14. The number of rotatable bonds is 4. The van der Waals surface area contributed by atoms with Gasteiger partial charge >= 0.3 is 0 Å². The standard InChI is InChI=1S/C19H25NO/c1-14(20)16-7-11-18(12-8-16)21-13-15-5-9-17(10-6-15)19(2,3)4/h5-12,14H,13,20H2,1-4H3. The lowest BCUT2D eigenvalue weighted by Gasteiger charge is -2.19. The Balaban J connectivity index is 1.96. The lowest BCUT2D eigenvalue weighted by molar-refractivity contribution is 0.306. The fraction of sp³-hybridized carbons (Fsp3) is 0.368. The van der Waals surface area contributed by atoms with E-state index in [0.717, 1.165) is 11.3 Å². The van der Waals surface area contributed by atoms with Crippen LogP contribution in [0.3, 0.4) is 0 Å². The molecule has 0 fully saturated rings. The van der Waals surface area contributed by atoms with Gasteiger partial charge < -0.3 is 10.5 Å². The molecule has 2 heteroatoms. The molecule has 2 rings (SSSR count). The lowest BCUT2D eigenvalue weighted by atomic mass is 9.87. The summed E-state index contributed by atoms with van der Waals surface area (Å²) in [5, 5.41) is 0. The second-order valence-corrected chi connectivity index (χ2v) is 6.59. The van der Waals surface area contributed by atoms with E-state index in [1.165, 1.54) is 11.1 Å². The second kappa shape index (κ2) is 6.31. The van der Waals surface area contributed by atoms with Gasteiger partial charge in [0.1, 0.15) is 12.4 Å². The van der Waals surface area contributed by atoms with Crippen LogP contribution in [0.25, 0.3) is 0 Å². The minimum absolute atomic E-state index is 0.0593. The molecular formula is C19H25NO. The van der Waals surface area contributed by atoms with Gasteiger partial charge in [-0.2, -0.15) is 0 Å². The van der Waals surface area contributed by atoms with Crippen LogP contribution in [0.5, 0.6) is 5.75 Å². The maximum absolute atomic E-state index is 5.84. The molecule has 2 N–H and O–H groups in total. The first kappa shape index (κ1) is 15.6. The molecule has 1 atom stereocenters. The summed E-state index contributed by atoms with van der Waals surface area (Å²) in [6.45, 7) is 9.23. The van der Waals surface area contributed by atoms with Crippen molar-refractivity contribution in [1.29, 1.82) is 0 Å². The summed E-state index contributed by atoms with van der Waals surface area (Å²) < 4.78 is 5.81. The van der Waals surface area contributed by atoms with Gasteiger partial charge in [0.2, 0.25) is 0 Å². The molecule has 2 nitrogen and oxygen atoms in total. The van der Waals surface area contributed by atoms with Crippen LogP contribution in [-0.4, -0.2) is 0 Å². The predicted octanol–water partition coefficient (Wildman–Crippen LogP) is 4.58. The molecule has 0 aliphatic rings. The number of hydrogen-bond donors (Lipinski definition) is 1. The molecule has 0 aliphatic carbocycles. The van der Waals surface area contributed by atoms with Gasteiger partial charge in [-0.15, -0.1) is 0 Å². The zero-order valence-corrected chi connectivity index (χ0v) is 13.4. The van der Waals surface area contributed by atoms with E-state index in [4.69, 9.17) is 10.5 Å². The summed E-state index contributed by atoms with van der Waals surface area (Å²) in [6.07, 6.45) is 0. The van der Waals surface area contributed by atoms with Crippen LogP contribution < -0.4 is 10.5 Å². The third kappa shape index (κ3) is 4.33. The Kier molecular flexibility index (Phi) is 4.69. The number of nitrogens with two attached hydrogens (primary N) is 1. The lowest BCUT2D eigenvalue weighted by Crippen LogP contribution is -2.10. The van der Waals surface area contributed by atoms with Crippen molar-refractivity contribution in [3.8, 4) is 5.75 Å². The number of ether oxygens (including phenoxy) is 1. The molecule has 2 aromatic carbocycles. The molecule has 0 spiro atoms. The van der Waals surface area contributed by atoms with E-state index in [0.29, 0.717) is 6.61 Å². The van der Waals surface area contributed by atoms with Gasteiger partial charge in [0, 0.05) is 6.04 Å². The first-order valence-corrected chi connectivity index (χ1v) is 7.44. The largest absolute Gasteiger partial charge is 0.489 e. The summed E-state index contributed by atoms with van der Waals surface area (Å²) >= 11 is 0. The Labute approximate surface area is 127 Å². The van der Waals surface area contributed by atoms with Gasteiger partial charge in [0.05, 0.1) is 0 Å². The van der Waals surface area contributed by atoms with Crippen molar-refractivity contribution in [3.63, 3.8) is 0 Å². The molecular weight excluding hydrogens is 258 g/mol. The fourth-order valence-corrected chi connectivity index (χ4v) is 2.14. The molecule has 0 amide bonds. The van der Waals surface area contributed by atoms with Crippen LogP contribution in [0.4, 0.5) is 0 Å². The zero-order chi connectivity index (χ0) is 15.5. The smallest absolute Gasteiger partial charge is 0.119 e. The molecule has 0 bridgehead atoms. The van der Waals surface area contributed by atoms with E-state index >= 15 is 0 Å². The third-order valence-electron chi connectivity index (χ3n) is 3.63. The summed E-state index contributed by atoms with van der Waals surface area (Å²) in [5.41, 5.74) is 9.67. The van der Waals surface area contributed by atoms with Crippen molar-refractivity contribution in [3.05, 3.63) is 65.2 Å². The molecule has 0 heterocycles. The highest BCUT2D eigenvalue weighted by atomic mass is 16.5. The van der Waals surface area contributed by atoms with E-state index < -0.39 is 0 Å². The Morgan fingerprint density at radius 1 is 0.952 bits per heavy atom. The van der Waals surface area contributed by atoms with Crippen molar-refractivity contribution in [2.75, 3.05) is 0 Å². The summed E-state index contributed by atoms with van der Waals surface area (Å²) in [5.74, 6) is 0.874. The van der Waals surface area contributed by atoms with Crippen molar-refractivity contribution < 1.29 is 4.74 Å². The molecule has 2 aromatic rings. The molecule has 0 radical (unpaired) electrons. The molecule has 112 valence electrons. The first-order chi connectivity index (χ1) is 9.86. The normalized spacial score (nSPS) is 13.0. The third-order valence-corrected chi connectivity index (χ3v) is 3.63. The number of hydrogen-bond acceptors (Lipinski definition) is 2. The minimum Gasteiger partial charge on any atom is -0.489 e. The van der Waals surface area contributed by atoms with E-state index in [-0.39, 0.29) is 11.5 Å². The predicted molar refractivity (Wildman–Crippen MR) is 88.5 cm³/mol. The van der Waals surface area contributed by atoms with E-state index in [1.54, 1.807) is 0 Å². The molecule has 0 saturated carbocycles.